The van der Waals surface area contributed by atoms with Crippen LogP contribution < -0.4 is 0 Å². The van der Waals surface area contributed by atoms with Crippen molar-refractivity contribution in [1.82, 2.24) is 0 Å². The second kappa shape index (κ2) is 6.60. The lowest BCUT2D eigenvalue weighted by molar-refractivity contribution is 0.0672. The third-order valence-corrected chi connectivity index (χ3v) is 4.04. The highest BCUT2D eigenvalue weighted by Gasteiger charge is 2.26. The Balaban J connectivity index is 2.74. The van der Waals surface area contributed by atoms with Crippen molar-refractivity contribution >= 4 is 17.9 Å². The minimum absolute atomic E-state index is 0.224. The van der Waals surface area contributed by atoms with Crippen molar-refractivity contribution < 1.29 is 19.2 Å². The number of hydrogen-bond acceptors (Lipinski definition) is 6. The number of benzene rings is 1. The molecule has 0 aromatic heterocycles. The molecule has 1 aromatic rings. The largest absolute Gasteiger partial charge is 0.470 e. The molecule has 22 heavy (non-hydrogen) atoms. The summed E-state index contributed by atoms with van der Waals surface area (Å²) >= 11 is 0. The Morgan fingerprint density at radius 3 is 2.36 bits per heavy atom. The average Bonchev–Trinajstić information content (AvgIpc) is 2.55. The number of nitrogens with zero attached hydrogens (tertiary/aromatic N) is 2. The van der Waals surface area contributed by atoms with Crippen molar-refractivity contribution in [2.24, 2.45) is 10.3 Å². The number of oxime groups is 2. The highest BCUT2D eigenvalue weighted by molar-refractivity contribution is 6.46. The van der Waals surface area contributed by atoms with Crippen molar-refractivity contribution in [3.8, 4) is 0 Å². The Kier molecular flexibility index (Phi) is 4.80. The second-order valence-electron chi connectivity index (χ2n) is 5.11. The van der Waals surface area contributed by atoms with Crippen molar-refractivity contribution in [3.63, 3.8) is 0 Å². The van der Waals surface area contributed by atoms with Gasteiger partial charge in [-0.1, -0.05) is 5.16 Å². The van der Waals surface area contributed by atoms with Crippen LogP contribution in [0.1, 0.15) is 38.2 Å². The van der Waals surface area contributed by atoms with Gasteiger partial charge in [0.15, 0.2) is 18.6 Å². The maximum Gasteiger partial charge on any atom is 0.280 e. The summed E-state index contributed by atoms with van der Waals surface area (Å²) in [5.41, 5.74) is 5.64. The number of ether oxygens (including phenoxy) is 1. The van der Waals surface area contributed by atoms with Crippen LogP contribution in [0.4, 0.5) is 0 Å². The van der Waals surface area contributed by atoms with Gasteiger partial charge in [0, 0.05) is 11.1 Å². The van der Waals surface area contributed by atoms with Crippen molar-refractivity contribution in [1.29, 1.82) is 0 Å². The number of carbonyl (C=O) groups is 1. The molecule has 0 saturated carbocycles. The quantitative estimate of drug-likeness (QED) is 0.487. The first-order chi connectivity index (χ1) is 10.5. The van der Waals surface area contributed by atoms with E-state index in [9.17, 15) is 4.79 Å². The fourth-order valence-corrected chi connectivity index (χ4v) is 2.49. The van der Waals surface area contributed by atoms with Gasteiger partial charge in [-0.15, -0.1) is 0 Å². The van der Waals surface area contributed by atoms with Gasteiger partial charge in [0.25, 0.3) is 5.90 Å². The zero-order valence-electron chi connectivity index (χ0n) is 13.5. The van der Waals surface area contributed by atoms with Crippen molar-refractivity contribution in [3.05, 3.63) is 33.4 Å². The van der Waals surface area contributed by atoms with Crippen LogP contribution in [0.3, 0.4) is 0 Å². The maximum atomic E-state index is 11.6. The molecule has 1 aliphatic rings. The Bertz CT molecular complexity index is 663. The average molecular weight is 304 g/mol. The molecule has 0 aliphatic carbocycles. The van der Waals surface area contributed by atoms with E-state index in [0.717, 1.165) is 28.5 Å². The summed E-state index contributed by atoms with van der Waals surface area (Å²) in [5.74, 6) is 0.224. The van der Waals surface area contributed by atoms with Crippen LogP contribution in [0.25, 0.3) is 0 Å². The molecule has 1 aliphatic heterocycles. The molecule has 2 rings (SSSR count). The van der Waals surface area contributed by atoms with E-state index in [2.05, 4.69) is 10.3 Å². The van der Waals surface area contributed by atoms with Crippen molar-refractivity contribution in [2.75, 3.05) is 20.3 Å². The summed E-state index contributed by atoms with van der Waals surface area (Å²) in [6, 6.07) is 0. The van der Waals surface area contributed by atoms with Gasteiger partial charge < -0.3 is 14.4 Å². The van der Waals surface area contributed by atoms with Crippen LogP contribution in [0, 0.1) is 27.7 Å². The lowest BCUT2D eigenvalue weighted by Crippen LogP contribution is -2.27. The molecule has 6 heteroatoms. The van der Waals surface area contributed by atoms with Gasteiger partial charge in [0.2, 0.25) is 0 Å². The zero-order chi connectivity index (χ0) is 16.3. The molecule has 0 bridgehead atoms. The van der Waals surface area contributed by atoms with Gasteiger partial charge in [-0.3, -0.25) is 4.79 Å². The van der Waals surface area contributed by atoms with E-state index in [0.29, 0.717) is 30.1 Å². The predicted molar refractivity (Wildman–Crippen MR) is 83.7 cm³/mol. The summed E-state index contributed by atoms with van der Waals surface area (Å²) in [6.07, 6.45) is 0.833. The highest BCUT2D eigenvalue weighted by Crippen LogP contribution is 2.27. The van der Waals surface area contributed by atoms with Gasteiger partial charge in [-0.2, -0.15) is 0 Å². The van der Waals surface area contributed by atoms with Gasteiger partial charge in [-0.25, -0.2) is 0 Å². The highest BCUT2D eigenvalue weighted by atomic mass is 16.7. The fourth-order valence-electron chi connectivity index (χ4n) is 2.49. The van der Waals surface area contributed by atoms with Crippen molar-refractivity contribution in [2.45, 2.75) is 27.7 Å². The molecule has 1 heterocycles. The molecule has 0 fully saturated rings. The summed E-state index contributed by atoms with van der Waals surface area (Å²) in [4.78, 5) is 21.6. The SMILES string of the molecule is CON=C(C1=NOCCO1)c1c(C)c(C)c(C)c(C)c1C=O. The summed E-state index contributed by atoms with van der Waals surface area (Å²) < 4.78 is 5.51. The molecule has 118 valence electrons. The fraction of sp³-hybridized carbons (Fsp3) is 0.438. The Morgan fingerprint density at radius 1 is 1.14 bits per heavy atom. The second-order valence-corrected chi connectivity index (χ2v) is 5.11. The first kappa shape index (κ1) is 16.0. The Labute approximate surface area is 129 Å². The zero-order valence-corrected chi connectivity index (χ0v) is 13.5. The van der Waals surface area contributed by atoms with Crippen LogP contribution in [-0.2, 0) is 14.4 Å². The van der Waals surface area contributed by atoms with E-state index in [-0.39, 0.29) is 5.90 Å². The van der Waals surface area contributed by atoms with E-state index >= 15 is 0 Å². The molecule has 0 saturated heterocycles. The summed E-state index contributed by atoms with van der Waals surface area (Å²) in [6.45, 7) is 8.63. The number of hydrogen-bond donors (Lipinski definition) is 0. The Morgan fingerprint density at radius 2 is 1.82 bits per heavy atom. The van der Waals surface area contributed by atoms with Crippen LogP contribution in [-0.4, -0.2) is 38.2 Å². The maximum absolute atomic E-state index is 11.6. The van der Waals surface area contributed by atoms with Crippen LogP contribution in [0.2, 0.25) is 0 Å². The summed E-state index contributed by atoms with van der Waals surface area (Å²) in [7, 11) is 1.44. The smallest absolute Gasteiger partial charge is 0.280 e. The monoisotopic (exact) mass is 304 g/mol. The first-order valence-electron chi connectivity index (χ1n) is 7.03. The molecule has 0 atom stereocenters. The molecule has 0 unspecified atom stereocenters. The number of aldehydes is 1. The lowest BCUT2D eigenvalue weighted by atomic mass is 9.87. The lowest BCUT2D eigenvalue weighted by Gasteiger charge is -2.20. The molecule has 6 nitrogen and oxygen atoms in total. The number of carbonyl (C=O) groups excluding carboxylic acids is 1. The van der Waals surface area contributed by atoms with Gasteiger partial charge in [-0.05, 0) is 55.1 Å². The summed E-state index contributed by atoms with van der Waals surface area (Å²) in [5, 5.41) is 7.91. The van der Waals surface area contributed by atoms with E-state index in [4.69, 9.17) is 14.4 Å². The van der Waals surface area contributed by atoms with Gasteiger partial charge >= 0.3 is 0 Å². The molecular formula is C16H20N2O4. The minimum Gasteiger partial charge on any atom is -0.470 e. The van der Waals surface area contributed by atoms with E-state index in [1.165, 1.54) is 7.11 Å². The van der Waals surface area contributed by atoms with Crippen LogP contribution >= 0.6 is 0 Å². The normalized spacial score (nSPS) is 14.8. The standard InChI is InChI=1S/C16H20N2O4/c1-9-10(2)12(4)14(13(8-19)11(9)3)15(17-20-5)16-18-22-7-6-21-16/h8H,6-7H2,1-5H3. The molecule has 0 amide bonds. The third kappa shape index (κ3) is 2.68. The van der Waals surface area contributed by atoms with E-state index in [1.54, 1.807) is 0 Å². The van der Waals surface area contributed by atoms with E-state index in [1.807, 2.05) is 27.7 Å². The molecular weight excluding hydrogens is 284 g/mol. The molecule has 0 spiro atoms. The van der Waals surface area contributed by atoms with Crippen LogP contribution in [0.5, 0.6) is 0 Å². The molecule has 0 radical (unpaired) electrons. The molecule has 0 N–H and O–H groups in total. The third-order valence-electron chi connectivity index (χ3n) is 4.04. The first-order valence-corrected chi connectivity index (χ1v) is 7.03. The van der Waals surface area contributed by atoms with Crippen LogP contribution in [0.15, 0.2) is 10.3 Å². The minimum atomic E-state index is 0.224. The van der Waals surface area contributed by atoms with Gasteiger partial charge in [0.05, 0.1) is 0 Å². The number of rotatable bonds is 4. The van der Waals surface area contributed by atoms with E-state index < -0.39 is 0 Å². The predicted octanol–water partition coefficient (Wildman–Crippen LogP) is 2.44. The van der Waals surface area contributed by atoms with Gasteiger partial charge in [0.1, 0.15) is 13.7 Å². The topological polar surface area (TPSA) is 69.5 Å². The molecule has 1 aromatic carbocycles. The Hall–Kier alpha value is -2.37.